The van der Waals surface area contributed by atoms with E-state index in [4.69, 9.17) is 4.74 Å². The molecule has 0 spiro atoms. The van der Waals surface area contributed by atoms with Crippen LogP contribution in [0.15, 0.2) is 30.6 Å². The molecule has 3 aromatic heterocycles. The second-order valence-electron chi connectivity index (χ2n) is 7.21. The van der Waals surface area contributed by atoms with Crippen molar-refractivity contribution < 1.29 is 41.4 Å². The van der Waals surface area contributed by atoms with Gasteiger partial charge in [0.1, 0.15) is 12.1 Å². The van der Waals surface area contributed by atoms with E-state index in [0.717, 1.165) is 0 Å². The predicted molar refractivity (Wildman–Crippen MR) is 111 cm³/mol. The molecule has 0 aliphatic carbocycles. The Bertz CT molecular complexity index is 1430. The Morgan fingerprint density at radius 1 is 1.26 bits per heavy atom. The van der Waals surface area contributed by atoms with E-state index in [1.165, 1.54) is 29.9 Å². The van der Waals surface area contributed by atoms with Gasteiger partial charge < -0.3 is 10.1 Å². The van der Waals surface area contributed by atoms with E-state index in [9.17, 15) is 27.3 Å². The summed E-state index contributed by atoms with van der Waals surface area (Å²) in [6, 6.07) is 4.70. The number of aromatic nitrogens is 4. The van der Waals surface area contributed by atoms with E-state index in [0.29, 0.717) is 22.0 Å². The summed E-state index contributed by atoms with van der Waals surface area (Å²) in [5.41, 5.74) is 1.80. The third kappa shape index (κ3) is 4.64. The highest BCUT2D eigenvalue weighted by Gasteiger charge is 2.38. The number of rotatable bonds is 6. The number of hydrogen-bond donors (Lipinski definition) is 3. The standard InChI is InChI=1S/C20H15F5N6O4/c1-9-14(10-2-4-31-11(6-10)7-13(30-31)28-19(33)35-25)12-8-27-29-16(12)17(15(9)21)34-5-3-26-18(32)20(22,23)24/h2,4,6-8H,3,5H2,1H3,(H,26,32)(H,27,29)(H,28,30,33). The number of ether oxygens (including phenoxy) is 1. The molecule has 0 aliphatic heterocycles. The maximum atomic E-state index is 15.3. The number of H-pyrrole nitrogens is 1. The fraction of sp³-hybridized carbons (Fsp3) is 0.200. The Balaban J connectivity index is 1.64. The van der Waals surface area contributed by atoms with E-state index in [2.05, 4.69) is 25.6 Å². The van der Waals surface area contributed by atoms with E-state index in [1.54, 1.807) is 17.4 Å². The molecule has 2 amide bonds. The summed E-state index contributed by atoms with van der Waals surface area (Å²) in [4.78, 5) is 25.0. The summed E-state index contributed by atoms with van der Waals surface area (Å²) >= 11 is 0. The molecule has 0 atom stereocenters. The monoisotopic (exact) mass is 498 g/mol. The summed E-state index contributed by atoms with van der Waals surface area (Å²) in [7, 11) is 0. The smallest absolute Gasteiger partial charge is 0.471 e. The van der Waals surface area contributed by atoms with Crippen LogP contribution in [0.1, 0.15) is 5.56 Å². The molecule has 0 aliphatic rings. The van der Waals surface area contributed by atoms with E-state index >= 15 is 4.39 Å². The van der Waals surface area contributed by atoms with Gasteiger partial charge in [-0.1, -0.05) is 0 Å². The summed E-state index contributed by atoms with van der Waals surface area (Å²) < 4.78 is 70.8. The van der Waals surface area contributed by atoms with Crippen molar-refractivity contribution in [3.05, 3.63) is 42.0 Å². The summed E-state index contributed by atoms with van der Waals surface area (Å²) in [5, 5.41) is 14.8. The minimum absolute atomic E-state index is 0.0162. The Kier molecular flexibility index (Phi) is 6.15. The van der Waals surface area contributed by atoms with Crippen LogP contribution in [-0.2, 0) is 9.74 Å². The van der Waals surface area contributed by atoms with Gasteiger partial charge >= 0.3 is 18.2 Å². The highest BCUT2D eigenvalue weighted by atomic mass is 19.4. The number of benzene rings is 1. The Hall–Kier alpha value is -4.43. The van der Waals surface area contributed by atoms with Crippen LogP contribution >= 0.6 is 0 Å². The molecule has 4 aromatic rings. The third-order valence-electron chi connectivity index (χ3n) is 4.98. The van der Waals surface area contributed by atoms with Crippen LogP contribution in [0.3, 0.4) is 0 Å². The van der Waals surface area contributed by atoms with Gasteiger partial charge in [0, 0.05) is 22.2 Å². The Morgan fingerprint density at radius 3 is 2.74 bits per heavy atom. The first-order chi connectivity index (χ1) is 16.6. The minimum Gasteiger partial charge on any atom is -0.486 e. The number of anilines is 1. The molecule has 10 nitrogen and oxygen atoms in total. The van der Waals surface area contributed by atoms with Crippen molar-refractivity contribution in [1.29, 1.82) is 0 Å². The van der Waals surface area contributed by atoms with E-state index < -0.39 is 37.1 Å². The van der Waals surface area contributed by atoms with Gasteiger partial charge in [0.05, 0.1) is 18.3 Å². The topological polar surface area (TPSA) is 123 Å². The fourth-order valence-corrected chi connectivity index (χ4v) is 3.50. The van der Waals surface area contributed by atoms with E-state index in [-0.39, 0.29) is 22.6 Å². The maximum absolute atomic E-state index is 15.3. The number of carbonyl (C=O) groups is 2. The first-order valence-electron chi connectivity index (χ1n) is 9.82. The lowest BCUT2D eigenvalue weighted by molar-refractivity contribution is -0.173. The average molecular weight is 498 g/mol. The molecule has 0 fully saturated rings. The highest BCUT2D eigenvalue weighted by molar-refractivity contribution is 6.00. The average Bonchev–Trinajstić information content (AvgIpc) is 3.44. The molecule has 1 aromatic carbocycles. The lowest BCUT2D eigenvalue weighted by atomic mass is 9.96. The summed E-state index contributed by atoms with van der Waals surface area (Å²) in [5.74, 6) is -3.15. The van der Waals surface area contributed by atoms with Crippen LogP contribution < -0.4 is 15.4 Å². The lowest BCUT2D eigenvalue weighted by Gasteiger charge is -2.15. The Morgan fingerprint density at radius 2 is 2.03 bits per heavy atom. The molecule has 0 saturated carbocycles. The number of amides is 2. The number of pyridine rings is 1. The quantitative estimate of drug-likeness (QED) is 0.275. The molecule has 3 N–H and O–H groups in total. The molecule has 3 heterocycles. The van der Waals surface area contributed by atoms with Gasteiger partial charge in [-0.15, -0.1) is 5.10 Å². The molecule has 184 valence electrons. The number of nitrogens with zero attached hydrogens (tertiary/aromatic N) is 3. The minimum atomic E-state index is -5.04. The van der Waals surface area contributed by atoms with Crippen molar-refractivity contribution in [3.8, 4) is 16.9 Å². The number of fused-ring (bicyclic) bond motifs is 2. The number of nitrogens with one attached hydrogen (secondary N) is 3. The largest absolute Gasteiger partial charge is 0.486 e. The zero-order valence-electron chi connectivity index (χ0n) is 17.7. The van der Waals surface area contributed by atoms with Crippen LogP contribution in [0.2, 0.25) is 0 Å². The third-order valence-corrected chi connectivity index (χ3v) is 4.98. The molecule has 0 unspecified atom stereocenters. The molecule has 15 heteroatoms. The van der Waals surface area contributed by atoms with Gasteiger partial charge in [-0.25, -0.2) is 18.6 Å². The van der Waals surface area contributed by atoms with Gasteiger partial charge in [-0.2, -0.15) is 18.3 Å². The van der Waals surface area contributed by atoms with Crippen molar-refractivity contribution in [1.82, 2.24) is 25.1 Å². The maximum Gasteiger partial charge on any atom is 0.471 e. The zero-order valence-corrected chi connectivity index (χ0v) is 17.7. The zero-order chi connectivity index (χ0) is 25.3. The van der Waals surface area contributed by atoms with E-state index in [1.807, 2.05) is 0 Å². The second-order valence-corrected chi connectivity index (χ2v) is 7.21. The lowest BCUT2D eigenvalue weighted by Crippen LogP contribution is -2.38. The van der Waals surface area contributed by atoms with Crippen LogP contribution in [0.4, 0.5) is 32.7 Å². The van der Waals surface area contributed by atoms with Crippen LogP contribution in [0.25, 0.3) is 27.5 Å². The fourth-order valence-electron chi connectivity index (χ4n) is 3.50. The molecule has 0 bridgehead atoms. The molecule has 4 rings (SSSR count). The number of hydrogen-bond acceptors (Lipinski definition) is 6. The summed E-state index contributed by atoms with van der Waals surface area (Å²) in [6.07, 6.45) is -3.42. The highest BCUT2D eigenvalue weighted by Crippen LogP contribution is 2.39. The predicted octanol–water partition coefficient (Wildman–Crippen LogP) is 3.82. The van der Waals surface area contributed by atoms with Gasteiger partial charge in [0.25, 0.3) is 0 Å². The van der Waals surface area contributed by atoms with Gasteiger partial charge in [-0.05, 0) is 35.7 Å². The number of aromatic amines is 1. The Labute approximate surface area is 191 Å². The summed E-state index contributed by atoms with van der Waals surface area (Å²) in [6.45, 7) is 0.559. The number of carbonyl (C=O) groups excluding carboxylic acids is 2. The van der Waals surface area contributed by atoms with Crippen LogP contribution in [0.5, 0.6) is 5.75 Å². The van der Waals surface area contributed by atoms with Gasteiger partial charge in [-0.3, -0.25) is 15.2 Å². The van der Waals surface area contributed by atoms with Crippen LogP contribution in [0, 0.1) is 12.7 Å². The first kappa shape index (κ1) is 23.7. The van der Waals surface area contributed by atoms with Crippen molar-refractivity contribution in [2.75, 3.05) is 18.5 Å². The van der Waals surface area contributed by atoms with Crippen molar-refractivity contribution in [2.45, 2.75) is 13.1 Å². The van der Waals surface area contributed by atoms with Crippen molar-refractivity contribution >= 4 is 34.2 Å². The normalized spacial score (nSPS) is 11.6. The molecule has 35 heavy (non-hydrogen) atoms. The van der Waals surface area contributed by atoms with Crippen molar-refractivity contribution in [2.24, 2.45) is 0 Å². The van der Waals surface area contributed by atoms with Crippen molar-refractivity contribution in [3.63, 3.8) is 0 Å². The SMILES string of the molecule is Cc1c(F)c(OCCNC(=O)C(F)(F)F)c2[nH]ncc2c1-c1ccn2nc(NC(=O)OF)cc2c1. The number of halogens is 5. The number of alkyl halides is 3. The molecular weight excluding hydrogens is 483 g/mol. The van der Waals surface area contributed by atoms with Gasteiger partial charge in [0.2, 0.25) is 0 Å². The molecule has 0 radical (unpaired) electrons. The molecular formula is C20H15F5N6O4. The van der Waals surface area contributed by atoms with Crippen LogP contribution in [-0.4, -0.2) is 51.1 Å². The first-order valence-corrected chi connectivity index (χ1v) is 9.82. The molecule has 0 saturated heterocycles. The second kappa shape index (κ2) is 9.08. The van der Waals surface area contributed by atoms with Gasteiger partial charge in [0.15, 0.2) is 17.4 Å².